The van der Waals surface area contributed by atoms with Crippen LogP contribution in [0.2, 0.25) is 10.0 Å². The first kappa shape index (κ1) is 12.4. The molecule has 0 aliphatic carbocycles. The molecule has 2 rings (SSSR count). The highest BCUT2D eigenvalue weighted by atomic mass is 35.5. The van der Waals surface area contributed by atoms with Gasteiger partial charge in [0.05, 0.1) is 0 Å². The van der Waals surface area contributed by atoms with Gasteiger partial charge in [-0.2, -0.15) is 4.98 Å². The molecule has 0 saturated heterocycles. The first-order valence-corrected chi connectivity index (χ1v) is 5.94. The Hall–Kier alpha value is -1.06. The van der Waals surface area contributed by atoms with Gasteiger partial charge in [0.2, 0.25) is 11.7 Å². The van der Waals surface area contributed by atoms with Crippen LogP contribution in [0.3, 0.4) is 0 Å². The third-order valence-electron chi connectivity index (χ3n) is 2.82. The van der Waals surface area contributed by atoms with Crippen molar-refractivity contribution >= 4 is 23.2 Å². The number of halogens is 2. The van der Waals surface area contributed by atoms with E-state index in [1.807, 2.05) is 20.8 Å². The monoisotopic (exact) mass is 270 g/mol. The Labute approximate surface area is 110 Å². The molecule has 90 valence electrons. The van der Waals surface area contributed by atoms with Crippen LogP contribution in [0, 0.1) is 27.7 Å². The Balaban J connectivity index is 2.78. The minimum Gasteiger partial charge on any atom is -0.339 e. The fraction of sp³-hybridized carbons (Fsp3) is 0.333. The molecule has 0 atom stereocenters. The second-order valence-electron chi connectivity index (χ2n) is 4.01. The maximum Gasteiger partial charge on any atom is 0.223 e. The Bertz CT molecular complexity index is 561. The molecule has 17 heavy (non-hydrogen) atoms. The Morgan fingerprint density at radius 2 is 1.41 bits per heavy atom. The van der Waals surface area contributed by atoms with E-state index in [0.717, 1.165) is 22.3 Å². The summed E-state index contributed by atoms with van der Waals surface area (Å²) in [6.07, 6.45) is 0. The number of rotatable bonds is 1. The van der Waals surface area contributed by atoms with Crippen LogP contribution in [0.25, 0.3) is 11.4 Å². The summed E-state index contributed by atoms with van der Waals surface area (Å²) in [6, 6.07) is 0. The summed E-state index contributed by atoms with van der Waals surface area (Å²) >= 11 is 12.5. The zero-order valence-corrected chi connectivity index (χ0v) is 11.6. The van der Waals surface area contributed by atoms with E-state index in [-0.39, 0.29) is 0 Å². The van der Waals surface area contributed by atoms with Crippen LogP contribution in [-0.4, -0.2) is 10.1 Å². The van der Waals surface area contributed by atoms with Gasteiger partial charge in [-0.05, 0) is 37.5 Å². The molecule has 0 spiro atoms. The average Bonchev–Trinajstić information content (AvgIpc) is 2.71. The van der Waals surface area contributed by atoms with Gasteiger partial charge >= 0.3 is 0 Å². The van der Waals surface area contributed by atoms with Crippen LogP contribution in [0.15, 0.2) is 4.52 Å². The van der Waals surface area contributed by atoms with E-state index >= 15 is 0 Å². The molecule has 0 bridgehead atoms. The van der Waals surface area contributed by atoms with Crippen molar-refractivity contribution in [1.82, 2.24) is 10.1 Å². The fourth-order valence-electron chi connectivity index (χ4n) is 1.90. The van der Waals surface area contributed by atoms with Gasteiger partial charge in [0, 0.05) is 22.5 Å². The standard InChI is InChI=1S/C12H12Cl2N2O/c1-5-9(12-15-8(4)17-16-12)6(2)11(14)7(3)10(5)13/h1-4H3. The lowest BCUT2D eigenvalue weighted by Gasteiger charge is -2.13. The lowest BCUT2D eigenvalue weighted by Crippen LogP contribution is -1.96. The summed E-state index contributed by atoms with van der Waals surface area (Å²) in [7, 11) is 0. The molecule has 0 amide bonds. The SMILES string of the molecule is Cc1nc(-c2c(C)c(Cl)c(C)c(Cl)c2C)no1. The minimum absolute atomic E-state index is 0.520. The van der Waals surface area contributed by atoms with E-state index in [9.17, 15) is 0 Å². The summed E-state index contributed by atoms with van der Waals surface area (Å²) < 4.78 is 4.99. The van der Waals surface area contributed by atoms with Crippen LogP contribution in [0.1, 0.15) is 22.6 Å². The largest absolute Gasteiger partial charge is 0.339 e. The molecule has 3 nitrogen and oxygen atoms in total. The molecular formula is C12H12Cl2N2O. The smallest absolute Gasteiger partial charge is 0.223 e. The third kappa shape index (κ3) is 1.94. The van der Waals surface area contributed by atoms with Gasteiger partial charge < -0.3 is 4.52 Å². The Morgan fingerprint density at radius 1 is 0.882 bits per heavy atom. The average molecular weight is 271 g/mol. The van der Waals surface area contributed by atoms with Crippen LogP contribution in [0.4, 0.5) is 0 Å². The highest BCUT2D eigenvalue weighted by Gasteiger charge is 2.19. The molecule has 2 aromatic rings. The van der Waals surface area contributed by atoms with Gasteiger partial charge in [-0.3, -0.25) is 0 Å². The van der Waals surface area contributed by atoms with Crippen molar-refractivity contribution in [1.29, 1.82) is 0 Å². The van der Waals surface area contributed by atoms with Crippen molar-refractivity contribution in [2.24, 2.45) is 0 Å². The van der Waals surface area contributed by atoms with Crippen LogP contribution in [0.5, 0.6) is 0 Å². The van der Waals surface area contributed by atoms with E-state index < -0.39 is 0 Å². The van der Waals surface area contributed by atoms with Crippen molar-refractivity contribution in [3.8, 4) is 11.4 Å². The molecule has 0 fully saturated rings. The number of aromatic nitrogens is 2. The first-order valence-electron chi connectivity index (χ1n) is 5.19. The van der Waals surface area contributed by atoms with Gasteiger partial charge in [0.15, 0.2) is 0 Å². The minimum atomic E-state index is 0.520. The third-order valence-corrected chi connectivity index (χ3v) is 3.95. The normalized spacial score (nSPS) is 10.9. The molecule has 0 radical (unpaired) electrons. The molecule has 0 N–H and O–H groups in total. The van der Waals surface area contributed by atoms with Crippen LogP contribution in [-0.2, 0) is 0 Å². The molecule has 0 saturated carbocycles. The number of hydrogen-bond acceptors (Lipinski definition) is 3. The lowest BCUT2D eigenvalue weighted by atomic mass is 9.99. The summed E-state index contributed by atoms with van der Waals surface area (Å²) in [4.78, 5) is 4.22. The van der Waals surface area contributed by atoms with Crippen molar-refractivity contribution in [2.75, 3.05) is 0 Å². The summed E-state index contributed by atoms with van der Waals surface area (Å²) in [5, 5.41) is 5.22. The molecule has 1 heterocycles. The zero-order chi connectivity index (χ0) is 12.7. The molecule has 1 aromatic heterocycles. The van der Waals surface area contributed by atoms with E-state index in [2.05, 4.69) is 10.1 Å². The Kier molecular flexibility index (Phi) is 3.15. The highest BCUT2D eigenvalue weighted by Crippen LogP contribution is 2.38. The molecule has 0 aliphatic rings. The van der Waals surface area contributed by atoms with Crippen molar-refractivity contribution < 1.29 is 4.52 Å². The molecule has 0 unspecified atom stereocenters. The van der Waals surface area contributed by atoms with Gasteiger partial charge in [0.25, 0.3) is 0 Å². The fourth-order valence-corrected chi connectivity index (χ4v) is 2.32. The van der Waals surface area contributed by atoms with Gasteiger partial charge in [-0.1, -0.05) is 28.4 Å². The summed E-state index contributed by atoms with van der Waals surface area (Å²) in [6.45, 7) is 7.51. The Morgan fingerprint density at radius 3 is 1.82 bits per heavy atom. The van der Waals surface area contributed by atoms with E-state index in [1.165, 1.54) is 0 Å². The summed E-state index contributed by atoms with van der Waals surface area (Å²) in [5.74, 6) is 1.05. The molecule has 0 aliphatic heterocycles. The lowest BCUT2D eigenvalue weighted by molar-refractivity contribution is 0.394. The van der Waals surface area contributed by atoms with Crippen LogP contribution < -0.4 is 0 Å². The van der Waals surface area contributed by atoms with E-state index in [4.69, 9.17) is 27.7 Å². The summed E-state index contributed by atoms with van der Waals surface area (Å²) in [5.41, 5.74) is 3.58. The number of aryl methyl sites for hydroxylation is 1. The van der Waals surface area contributed by atoms with E-state index in [1.54, 1.807) is 6.92 Å². The van der Waals surface area contributed by atoms with E-state index in [0.29, 0.717) is 21.8 Å². The topological polar surface area (TPSA) is 38.9 Å². The maximum atomic E-state index is 6.25. The molecular weight excluding hydrogens is 259 g/mol. The van der Waals surface area contributed by atoms with Gasteiger partial charge in [0.1, 0.15) is 0 Å². The highest BCUT2D eigenvalue weighted by molar-refractivity contribution is 6.37. The predicted molar refractivity (Wildman–Crippen MR) is 68.7 cm³/mol. The first-order chi connectivity index (χ1) is 7.93. The van der Waals surface area contributed by atoms with Gasteiger partial charge in [-0.25, -0.2) is 0 Å². The molecule has 5 heteroatoms. The predicted octanol–water partition coefficient (Wildman–Crippen LogP) is 4.28. The molecule has 1 aromatic carbocycles. The quantitative estimate of drug-likeness (QED) is 0.777. The number of hydrogen-bond donors (Lipinski definition) is 0. The second kappa shape index (κ2) is 4.31. The van der Waals surface area contributed by atoms with Crippen molar-refractivity contribution in [2.45, 2.75) is 27.7 Å². The van der Waals surface area contributed by atoms with Crippen LogP contribution >= 0.6 is 23.2 Å². The maximum absolute atomic E-state index is 6.25. The van der Waals surface area contributed by atoms with Gasteiger partial charge in [-0.15, -0.1) is 0 Å². The second-order valence-corrected chi connectivity index (χ2v) is 4.77. The van der Waals surface area contributed by atoms with Crippen molar-refractivity contribution in [3.63, 3.8) is 0 Å². The van der Waals surface area contributed by atoms with Crippen molar-refractivity contribution in [3.05, 3.63) is 32.6 Å². The zero-order valence-electron chi connectivity index (χ0n) is 10.1. The number of benzene rings is 1. The number of nitrogens with zero attached hydrogens (tertiary/aromatic N) is 2.